The molecule has 0 saturated carbocycles. The highest BCUT2D eigenvalue weighted by Crippen LogP contribution is 2.39. The third-order valence-corrected chi connectivity index (χ3v) is 5.85. The van der Waals surface area contributed by atoms with Crippen LogP contribution in [0.25, 0.3) is 0 Å². The Bertz CT molecular complexity index is 887. The molecule has 1 unspecified atom stereocenters. The minimum atomic E-state index is -0.115. The number of carbonyl (C=O) groups excluding carboxylic acids is 1. The van der Waals surface area contributed by atoms with E-state index in [0.717, 1.165) is 42.0 Å². The average Bonchev–Trinajstić information content (AvgIpc) is 2.67. The van der Waals surface area contributed by atoms with Crippen LogP contribution in [0.4, 0.5) is 10.5 Å². The molecule has 7 heteroatoms. The van der Waals surface area contributed by atoms with Crippen molar-refractivity contribution in [2.75, 3.05) is 52.7 Å². The number of hydrogen-bond donors (Lipinski definition) is 1. The Balaban J connectivity index is 1.86. The first-order chi connectivity index (χ1) is 13.8. The van der Waals surface area contributed by atoms with Gasteiger partial charge in [-0.1, -0.05) is 35.3 Å². The van der Waals surface area contributed by atoms with Crippen molar-refractivity contribution in [3.63, 3.8) is 0 Å². The first-order valence-electron chi connectivity index (χ1n) is 9.69. The fourth-order valence-corrected chi connectivity index (χ4v) is 4.27. The number of carbonyl (C=O) groups is 1. The number of urea groups is 1. The first kappa shape index (κ1) is 21.9. The van der Waals surface area contributed by atoms with Gasteiger partial charge < -0.3 is 15.1 Å². The molecule has 156 valence electrons. The minimum absolute atomic E-state index is 0.115. The summed E-state index contributed by atoms with van der Waals surface area (Å²) in [6.07, 6.45) is 0. The maximum atomic E-state index is 12.5. The van der Waals surface area contributed by atoms with Crippen LogP contribution in [0.15, 0.2) is 36.4 Å². The lowest BCUT2D eigenvalue weighted by atomic mass is 9.84. The summed E-state index contributed by atoms with van der Waals surface area (Å²) >= 11 is 12.8. The Morgan fingerprint density at radius 2 is 1.97 bits per heavy atom. The van der Waals surface area contributed by atoms with Crippen molar-refractivity contribution in [2.24, 2.45) is 0 Å². The number of fused-ring (bicyclic) bond motifs is 1. The number of halogens is 2. The van der Waals surface area contributed by atoms with E-state index in [1.807, 2.05) is 37.2 Å². The molecule has 0 aromatic heterocycles. The van der Waals surface area contributed by atoms with Crippen molar-refractivity contribution in [1.29, 1.82) is 0 Å². The predicted molar refractivity (Wildman–Crippen MR) is 121 cm³/mol. The average molecular weight is 435 g/mol. The molecule has 29 heavy (non-hydrogen) atoms. The summed E-state index contributed by atoms with van der Waals surface area (Å²) < 4.78 is 0. The number of likely N-dealkylation sites (N-methyl/N-ethyl adjacent to an activating group) is 2. The number of rotatable bonds is 5. The molecule has 5 nitrogen and oxygen atoms in total. The van der Waals surface area contributed by atoms with E-state index >= 15 is 0 Å². The summed E-state index contributed by atoms with van der Waals surface area (Å²) in [5, 5.41) is 4.31. The van der Waals surface area contributed by atoms with Crippen molar-refractivity contribution in [3.05, 3.63) is 63.1 Å². The Labute approximate surface area is 183 Å². The van der Waals surface area contributed by atoms with Crippen molar-refractivity contribution in [2.45, 2.75) is 12.5 Å². The third kappa shape index (κ3) is 5.23. The minimum Gasteiger partial charge on any atom is -0.336 e. The summed E-state index contributed by atoms with van der Waals surface area (Å²) in [6, 6.07) is 11.8. The number of nitrogens with zero attached hydrogens (tertiary/aromatic N) is 3. The molecule has 1 aliphatic heterocycles. The molecule has 1 aliphatic rings. The van der Waals surface area contributed by atoms with E-state index in [1.165, 1.54) is 0 Å². The van der Waals surface area contributed by atoms with Crippen LogP contribution in [0.2, 0.25) is 10.0 Å². The second kappa shape index (κ2) is 9.35. The van der Waals surface area contributed by atoms with Gasteiger partial charge in [0.05, 0.1) is 0 Å². The van der Waals surface area contributed by atoms with Gasteiger partial charge in [0.15, 0.2) is 0 Å². The molecule has 0 radical (unpaired) electrons. The standard InChI is InChI=1S/C22H28Cl2N4O/c1-26(2)9-8-25-22(29)28(4)17-7-5-6-15(10-17)19-13-27(3)14-20-18(19)11-16(23)12-21(20)24/h5-7,10-12,19H,8-9,13-14H2,1-4H3,(H,25,29). The zero-order valence-corrected chi connectivity index (χ0v) is 18.9. The van der Waals surface area contributed by atoms with E-state index in [4.69, 9.17) is 23.2 Å². The second-order valence-electron chi connectivity index (χ2n) is 7.89. The van der Waals surface area contributed by atoms with Crippen LogP contribution in [-0.4, -0.2) is 63.7 Å². The molecule has 0 aliphatic carbocycles. The number of amides is 2. The lowest BCUT2D eigenvalue weighted by Gasteiger charge is -2.33. The summed E-state index contributed by atoms with van der Waals surface area (Å²) in [5.74, 6) is 0.144. The molecule has 2 amide bonds. The van der Waals surface area contributed by atoms with Gasteiger partial charge in [-0.2, -0.15) is 0 Å². The first-order valence-corrected chi connectivity index (χ1v) is 10.4. The zero-order valence-electron chi connectivity index (χ0n) is 17.4. The maximum absolute atomic E-state index is 12.5. The van der Waals surface area contributed by atoms with E-state index < -0.39 is 0 Å². The van der Waals surface area contributed by atoms with E-state index in [1.54, 1.807) is 18.0 Å². The summed E-state index contributed by atoms with van der Waals surface area (Å²) in [6.45, 7) is 3.07. The zero-order chi connectivity index (χ0) is 21.1. The summed E-state index contributed by atoms with van der Waals surface area (Å²) in [4.78, 5) is 18.5. The molecule has 2 aromatic rings. The normalized spacial score (nSPS) is 16.6. The predicted octanol–water partition coefficient (Wildman–Crippen LogP) is 4.28. The smallest absolute Gasteiger partial charge is 0.321 e. The van der Waals surface area contributed by atoms with Crippen LogP contribution < -0.4 is 10.2 Å². The highest BCUT2D eigenvalue weighted by molar-refractivity contribution is 6.35. The number of benzene rings is 2. The topological polar surface area (TPSA) is 38.8 Å². The molecule has 1 heterocycles. The van der Waals surface area contributed by atoms with Crippen LogP contribution in [-0.2, 0) is 6.54 Å². The third-order valence-electron chi connectivity index (χ3n) is 5.29. The molecule has 0 bridgehead atoms. The highest BCUT2D eigenvalue weighted by Gasteiger charge is 2.27. The number of anilines is 1. The summed E-state index contributed by atoms with van der Waals surface area (Å²) in [7, 11) is 7.85. The van der Waals surface area contributed by atoms with Gasteiger partial charge in [0, 0.05) is 54.9 Å². The van der Waals surface area contributed by atoms with Crippen molar-refractivity contribution >= 4 is 34.9 Å². The van der Waals surface area contributed by atoms with Crippen LogP contribution in [0, 0.1) is 0 Å². The fourth-order valence-electron chi connectivity index (χ4n) is 3.70. The molecule has 0 spiro atoms. The molecule has 1 atom stereocenters. The Kier molecular flexibility index (Phi) is 7.06. The Morgan fingerprint density at radius 3 is 2.69 bits per heavy atom. The molecule has 0 saturated heterocycles. The van der Waals surface area contributed by atoms with Gasteiger partial charge in [-0.05, 0) is 62.1 Å². The fraction of sp³-hybridized carbons (Fsp3) is 0.409. The van der Waals surface area contributed by atoms with Crippen LogP contribution in [0.3, 0.4) is 0 Å². The van der Waals surface area contributed by atoms with Crippen LogP contribution >= 0.6 is 23.2 Å². The van der Waals surface area contributed by atoms with Crippen LogP contribution in [0.5, 0.6) is 0 Å². The lowest BCUT2D eigenvalue weighted by Crippen LogP contribution is -2.40. The van der Waals surface area contributed by atoms with Crippen LogP contribution in [0.1, 0.15) is 22.6 Å². The van der Waals surface area contributed by atoms with Crippen molar-refractivity contribution < 1.29 is 4.79 Å². The molecule has 2 aromatic carbocycles. The quantitative estimate of drug-likeness (QED) is 0.762. The van der Waals surface area contributed by atoms with Gasteiger partial charge in [-0.3, -0.25) is 4.90 Å². The van der Waals surface area contributed by atoms with E-state index in [0.29, 0.717) is 16.6 Å². The molecule has 1 N–H and O–H groups in total. The Hall–Kier alpha value is -1.79. The summed E-state index contributed by atoms with van der Waals surface area (Å²) in [5.41, 5.74) is 4.28. The largest absolute Gasteiger partial charge is 0.336 e. The van der Waals surface area contributed by atoms with Gasteiger partial charge in [0.1, 0.15) is 0 Å². The van der Waals surface area contributed by atoms with Gasteiger partial charge in [0.25, 0.3) is 0 Å². The van der Waals surface area contributed by atoms with Gasteiger partial charge in [0.2, 0.25) is 0 Å². The number of nitrogens with one attached hydrogen (secondary N) is 1. The Morgan fingerprint density at radius 1 is 1.21 bits per heavy atom. The lowest BCUT2D eigenvalue weighted by molar-refractivity contribution is 0.246. The van der Waals surface area contributed by atoms with Crippen molar-refractivity contribution in [3.8, 4) is 0 Å². The van der Waals surface area contributed by atoms with Gasteiger partial charge in [-0.15, -0.1) is 0 Å². The SMILES string of the molecule is CN(C)CCNC(=O)N(C)c1cccc(C2CN(C)Cc3c(Cl)cc(Cl)cc32)c1. The van der Waals surface area contributed by atoms with E-state index in [9.17, 15) is 4.79 Å². The highest BCUT2D eigenvalue weighted by atomic mass is 35.5. The maximum Gasteiger partial charge on any atom is 0.321 e. The monoisotopic (exact) mass is 434 g/mol. The molecular formula is C22H28Cl2N4O. The van der Waals surface area contributed by atoms with E-state index in [2.05, 4.69) is 29.4 Å². The van der Waals surface area contributed by atoms with Gasteiger partial charge >= 0.3 is 6.03 Å². The van der Waals surface area contributed by atoms with Crippen molar-refractivity contribution in [1.82, 2.24) is 15.1 Å². The molecule has 0 fully saturated rings. The van der Waals surface area contributed by atoms with Gasteiger partial charge in [-0.25, -0.2) is 4.79 Å². The van der Waals surface area contributed by atoms with E-state index in [-0.39, 0.29) is 11.9 Å². The molecular weight excluding hydrogens is 407 g/mol. The number of hydrogen-bond acceptors (Lipinski definition) is 3. The molecule has 3 rings (SSSR count). The second-order valence-corrected chi connectivity index (χ2v) is 8.74.